The fourth-order valence-corrected chi connectivity index (χ4v) is 3.67. The molecule has 112 valence electrons. The predicted octanol–water partition coefficient (Wildman–Crippen LogP) is 4.89. The lowest BCUT2D eigenvalue weighted by molar-refractivity contribution is 0.339. The number of ether oxygens (including phenoxy) is 1. The van der Waals surface area contributed by atoms with Crippen molar-refractivity contribution < 1.29 is 4.74 Å². The quantitative estimate of drug-likeness (QED) is 0.631. The average molecular weight is 301 g/mol. The fraction of sp³-hybridized carbons (Fsp3) is 0.333. The number of nitrogen functional groups attached to an aromatic ring is 1. The van der Waals surface area contributed by atoms with Gasteiger partial charge in [0.05, 0.1) is 6.61 Å². The summed E-state index contributed by atoms with van der Waals surface area (Å²) < 4.78 is 5.55. The third kappa shape index (κ3) is 3.94. The van der Waals surface area contributed by atoms with Crippen molar-refractivity contribution in [3.8, 4) is 5.75 Å². The zero-order valence-corrected chi connectivity index (χ0v) is 14.0. The summed E-state index contributed by atoms with van der Waals surface area (Å²) in [6.07, 6.45) is 0. The molecule has 0 spiro atoms. The van der Waals surface area contributed by atoms with Gasteiger partial charge in [0.1, 0.15) is 5.75 Å². The second kappa shape index (κ2) is 6.90. The summed E-state index contributed by atoms with van der Waals surface area (Å²) in [6.45, 7) is 9.15. The lowest BCUT2D eigenvalue weighted by atomic mass is 10.0. The van der Waals surface area contributed by atoms with Crippen LogP contribution in [0.2, 0.25) is 0 Å². The van der Waals surface area contributed by atoms with Crippen LogP contribution in [0.15, 0.2) is 35.2 Å². The van der Waals surface area contributed by atoms with Gasteiger partial charge in [0.2, 0.25) is 0 Å². The molecule has 0 saturated carbocycles. The number of thioether (sulfide) groups is 1. The van der Waals surface area contributed by atoms with E-state index in [1.165, 1.54) is 22.3 Å². The molecule has 0 amide bonds. The van der Waals surface area contributed by atoms with E-state index in [2.05, 4.69) is 32.9 Å². The Bertz CT molecular complexity index is 614. The summed E-state index contributed by atoms with van der Waals surface area (Å²) >= 11 is 1.77. The van der Waals surface area contributed by atoms with Crippen LogP contribution in [0.4, 0.5) is 5.69 Å². The third-order valence-corrected chi connectivity index (χ3v) is 4.61. The maximum Gasteiger partial charge on any atom is 0.120 e. The first kappa shape index (κ1) is 15.8. The first-order valence-electron chi connectivity index (χ1n) is 7.23. The van der Waals surface area contributed by atoms with E-state index < -0.39 is 0 Å². The number of hydrogen-bond acceptors (Lipinski definition) is 3. The predicted molar refractivity (Wildman–Crippen MR) is 92.2 cm³/mol. The van der Waals surface area contributed by atoms with Crippen molar-refractivity contribution in [1.82, 2.24) is 0 Å². The Morgan fingerprint density at radius 1 is 1.05 bits per heavy atom. The molecule has 2 N–H and O–H groups in total. The fourth-order valence-electron chi connectivity index (χ4n) is 2.48. The van der Waals surface area contributed by atoms with Gasteiger partial charge in [0.25, 0.3) is 0 Å². The molecule has 2 nitrogen and oxygen atoms in total. The second-order valence-electron chi connectivity index (χ2n) is 5.30. The largest absolute Gasteiger partial charge is 0.494 e. The molecule has 2 aromatic carbocycles. The van der Waals surface area contributed by atoms with E-state index in [1.807, 2.05) is 25.1 Å². The number of anilines is 1. The average Bonchev–Trinajstić information content (AvgIpc) is 2.41. The van der Waals surface area contributed by atoms with Gasteiger partial charge in [-0.3, -0.25) is 0 Å². The van der Waals surface area contributed by atoms with Crippen molar-refractivity contribution in [3.63, 3.8) is 0 Å². The zero-order valence-electron chi connectivity index (χ0n) is 13.2. The number of rotatable bonds is 5. The lowest BCUT2D eigenvalue weighted by Crippen LogP contribution is -1.96. The smallest absolute Gasteiger partial charge is 0.120 e. The number of benzene rings is 2. The summed E-state index contributed by atoms with van der Waals surface area (Å²) in [7, 11) is 0. The van der Waals surface area contributed by atoms with E-state index in [1.54, 1.807) is 11.8 Å². The number of nitrogens with two attached hydrogens (primary N) is 1. The maximum absolute atomic E-state index is 6.07. The minimum atomic E-state index is 0.671. The summed E-state index contributed by atoms with van der Waals surface area (Å²) in [4.78, 5) is 1.08. The van der Waals surface area contributed by atoms with Crippen LogP contribution in [0.1, 0.15) is 29.2 Å². The minimum absolute atomic E-state index is 0.671. The molecule has 0 radical (unpaired) electrons. The molecule has 0 fully saturated rings. The van der Waals surface area contributed by atoms with Gasteiger partial charge in [0, 0.05) is 16.3 Å². The molecule has 0 atom stereocenters. The molecule has 2 rings (SSSR count). The third-order valence-electron chi connectivity index (χ3n) is 3.51. The standard InChI is InChI=1S/C18H23NOS/c1-5-20-15-6-7-17(19)18(10-15)21-11-16-13(3)8-12(2)9-14(16)4/h6-10H,5,11,19H2,1-4H3. The van der Waals surface area contributed by atoms with Crippen LogP contribution in [0.5, 0.6) is 5.75 Å². The van der Waals surface area contributed by atoms with Crippen LogP contribution in [0.25, 0.3) is 0 Å². The molecule has 0 aliphatic heterocycles. The van der Waals surface area contributed by atoms with E-state index in [0.717, 1.165) is 22.1 Å². The molecule has 0 bridgehead atoms. The van der Waals surface area contributed by atoms with Gasteiger partial charge < -0.3 is 10.5 Å². The van der Waals surface area contributed by atoms with E-state index in [9.17, 15) is 0 Å². The van der Waals surface area contributed by atoms with Gasteiger partial charge in [-0.1, -0.05) is 17.7 Å². The van der Waals surface area contributed by atoms with Crippen LogP contribution in [-0.2, 0) is 5.75 Å². The second-order valence-corrected chi connectivity index (χ2v) is 6.32. The molecule has 21 heavy (non-hydrogen) atoms. The van der Waals surface area contributed by atoms with E-state index in [-0.39, 0.29) is 0 Å². The van der Waals surface area contributed by atoms with Crippen LogP contribution >= 0.6 is 11.8 Å². The molecule has 0 aromatic heterocycles. The molecule has 0 saturated heterocycles. The Hall–Kier alpha value is -1.61. The van der Waals surface area contributed by atoms with Gasteiger partial charge >= 0.3 is 0 Å². The minimum Gasteiger partial charge on any atom is -0.494 e. The summed E-state index contributed by atoms with van der Waals surface area (Å²) in [5, 5.41) is 0. The van der Waals surface area contributed by atoms with Crippen molar-refractivity contribution in [2.45, 2.75) is 38.3 Å². The van der Waals surface area contributed by atoms with Crippen LogP contribution < -0.4 is 10.5 Å². The van der Waals surface area contributed by atoms with E-state index >= 15 is 0 Å². The van der Waals surface area contributed by atoms with Gasteiger partial charge in [-0.15, -0.1) is 11.8 Å². The van der Waals surface area contributed by atoms with Crippen molar-refractivity contribution in [1.29, 1.82) is 0 Å². The highest BCUT2D eigenvalue weighted by Gasteiger charge is 2.07. The van der Waals surface area contributed by atoms with Gasteiger partial charge in [-0.2, -0.15) is 0 Å². The zero-order chi connectivity index (χ0) is 15.4. The Kier molecular flexibility index (Phi) is 5.18. The van der Waals surface area contributed by atoms with Crippen LogP contribution in [0.3, 0.4) is 0 Å². The van der Waals surface area contributed by atoms with E-state index in [0.29, 0.717) is 6.61 Å². The maximum atomic E-state index is 6.07. The van der Waals surface area contributed by atoms with Crippen LogP contribution in [-0.4, -0.2) is 6.61 Å². The SMILES string of the molecule is CCOc1ccc(N)c(SCc2c(C)cc(C)cc2C)c1. The highest BCUT2D eigenvalue weighted by Crippen LogP contribution is 2.33. The topological polar surface area (TPSA) is 35.2 Å². The summed E-state index contributed by atoms with van der Waals surface area (Å²) in [5.41, 5.74) is 12.3. The molecule has 2 aromatic rings. The molecule has 3 heteroatoms. The summed E-state index contributed by atoms with van der Waals surface area (Å²) in [6, 6.07) is 10.3. The Morgan fingerprint density at radius 3 is 2.33 bits per heavy atom. The Balaban J connectivity index is 2.18. The molecule has 0 unspecified atom stereocenters. The van der Waals surface area contributed by atoms with Crippen molar-refractivity contribution in [3.05, 3.63) is 52.6 Å². The van der Waals surface area contributed by atoms with Gasteiger partial charge in [0.15, 0.2) is 0 Å². The molecular formula is C18H23NOS. The number of aryl methyl sites for hydroxylation is 3. The first-order chi connectivity index (χ1) is 10.0. The number of hydrogen-bond donors (Lipinski definition) is 1. The van der Waals surface area contributed by atoms with Crippen molar-refractivity contribution >= 4 is 17.4 Å². The van der Waals surface area contributed by atoms with Gasteiger partial charge in [-0.25, -0.2) is 0 Å². The Labute approximate surface area is 131 Å². The molecule has 0 aliphatic rings. The van der Waals surface area contributed by atoms with Gasteiger partial charge in [-0.05, 0) is 62.6 Å². The highest BCUT2D eigenvalue weighted by molar-refractivity contribution is 7.98. The first-order valence-corrected chi connectivity index (χ1v) is 8.21. The normalized spacial score (nSPS) is 10.7. The monoisotopic (exact) mass is 301 g/mol. The molecule has 0 heterocycles. The van der Waals surface area contributed by atoms with E-state index in [4.69, 9.17) is 10.5 Å². The summed E-state index contributed by atoms with van der Waals surface area (Å²) in [5.74, 6) is 1.81. The van der Waals surface area contributed by atoms with Crippen LogP contribution in [0, 0.1) is 20.8 Å². The van der Waals surface area contributed by atoms with Crippen molar-refractivity contribution in [2.75, 3.05) is 12.3 Å². The van der Waals surface area contributed by atoms with Crippen molar-refractivity contribution in [2.24, 2.45) is 0 Å². The highest BCUT2D eigenvalue weighted by atomic mass is 32.2. The molecule has 0 aliphatic carbocycles. The lowest BCUT2D eigenvalue weighted by Gasteiger charge is -2.13. The molecular weight excluding hydrogens is 278 g/mol. The Morgan fingerprint density at radius 2 is 1.71 bits per heavy atom.